The van der Waals surface area contributed by atoms with Gasteiger partial charge in [0.05, 0.1) is 10.0 Å². The number of rotatable bonds is 4. The fourth-order valence-corrected chi connectivity index (χ4v) is 2.68. The maximum Gasteiger partial charge on any atom is 0.105 e. The van der Waals surface area contributed by atoms with Crippen molar-refractivity contribution < 1.29 is 0 Å². The fraction of sp³-hybridized carbons (Fsp3) is 0.625. The molecule has 0 aliphatic carbocycles. The lowest BCUT2D eigenvalue weighted by Crippen LogP contribution is -2.23. The summed E-state index contributed by atoms with van der Waals surface area (Å²) in [5, 5.41) is 5.48. The monoisotopic (exact) mass is 236 g/mol. The lowest BCUT2D eigenvalue weighted by atomic mass is 10.6. The molecule has 0 saturated heterocycles. The number of hydrogen-bond donors (Lipinski definition) is 1. The van der Waals surface area contributed by atoms with E-state index in [1.54, 1.807) is 23.5 Å². The van der Waals surface area contributed by atoms with Gasteiger partial charge >= 0.3 is 0 Å². The topological polar surface area (TPSA) is 15.3 Å². The van der Waals surface area contributed by atoms with Crippen molar-refractivity contribution in [1.82, 2.24) is 10.2 Å². The van der Waals surface area contributed by atoms with E-state index in [0.29, 0.717) is 0 Å². The van der Waals surface area contributed by atoms with E-state index in [4.69, 9.17) is 12.2 Å². The van der Waals surface area contributed by atoms with Crippen LogP contribution in [0.4, 0.5) is 0 Å². The summed E-state index contributed by atoms with van der Waals surface area (Å²) in [6.07, 6.45) is 4.10. The molecule has 5 heteroatoms. The van der Waals surface area contributed by atoms with Crippen molar-refractivity contribution in [3.05, 3.63) is 10.1 Å². The van der Waals surface area contributed by atoms with E-state index in [0.717, 1.165) is 10.0 Å². The van der Waals surface area contributed by atoms with Crippen molar-refractivity contribution in [2.45, 2.75) is 6.92 Å². The van der Waals surface area contributed by atoms with Gasteiger partial charge in [-0.05, 0) is 19.4 Å². The lowest BCUT2D eigenvalue weighted by Gasteiger charge is -2.22. The summed E-state index contributed by atoms with van der Waals surface area (Å²) >= 11 is 8.51. The highest BCUT2D eigenvalue weighted by Crippen LogP contribution is 2.24. The smallest absolute Gasteiger partial charge is 0.105 e. The van der Waals surface area contributed by atoms with Gasteiger partial charge in [0.2, 0.25) is 0 Å². The Morgan fingerprint density at radius 2 is 1.85 bits per heavy atom. The normalized spacial score (nSPS) is 12.1. The maximum atomic E-state index is 5.12. The van der Waals surface area contributed by atoms with Crippen molar-refractivity contribution in [1.29, 1.82) is 0 Å². The van der Waals surface area contributed by atoms with Crippen molar-refractivity contribution in [2.24, 2.45) is 0 Å². The molecule has 0 fully saturated rings. The highest BCUT2D eigenvalue weighted by Gasteiger charge is 2.10. The Kier molecular flexibility index (Phi) is 6.63. The van der Waals surface area contributed by atoms with Gasteiger partial charge in [-0.25, -0.2) is 0 Å². The Morgan fingerprint density at radius 3 is 2.08 bits per heavy atom. The van der Waals surface area contributed by atoms with Gasteiger partial charge in [-0.15, -0.1) is 23.5 Å². The Bertz CT molecular complexity index is 207. The quantitative estimate of drug-likeness (QED) is 0.751. The van der Waals surface area contributed by atoms with Gasteiger partial charge in [0.1, 0.15) is 5.03 Å². The maximum absolute atomic E-state index is 5.12. The highest BCUT2D eigenvalue weighted by atomic mass is 32.2. The third kappa shape index (κ3) is 3.79. The highest BCUT2D eigenvalue weighted by molar-refractivity contribution is 8.06. The molecule has 0 aromatic heterocycles. The van der Waals surface area contributed by atoms with E-state index in [1.165, 1.54) is 5.03 Å². The van der Waals surface area contributed by atoms with Gasteiger partial charge in [-0.1, -0.05) is 12.2 Å². The van der Waals surface area contributed by atoms with E-state index < -0.39 is 0 Å². The van der Waals surface area contributed by atoms with Crippen LogP contribution in [-0.2, 0) is 0 Å². The molecule has 0 saturated carbocycles. The molecule has 1 N–H and O–H groups in total. The molecular formula is C8H16N2S3. The molecule has 13 heavy (non-hydrogen) atoms. The zero-order valence-corrected chi connectivity index (χ0v) is 11.1. The molecule has 0 spiro atoms. The average Bonchev–Trinajstić information content (AvgIpc) is 2.12. The molecule has 0 amide bonds. The third-order valence-corrected chi connectivity index (χ3v) is 3.67. The fourth-order valence-electron chi connectivity index (χ4n) is 0.821. The Morgan fingerprint density at radius 1 is 1.31 bits per heavy atom. The summed E-state index contributed by atoms with van der Waals surface area (Å²) in [4.78, 5) is 2.90. The minimum Gasteiger partial charge on any atom is -0.381 e. The predicted molar refractivity (Wildman–Crippen MR) is 69.2 cm³/mol. The molecule has 0 atom stereocenters. The van der Waals surface area contributed by atoms with Crippen LogP contribution in [0.15, 0.2) is 10.1 Å². The van der Waals surface area contributed by atoms with Crippen molar-refractivity contribution in [3.8, 4) is 0 Å². The first kappa shape index (κ1) is 13.1. The number of thiocarbonyl (C=S) groups is 1. The van der Waals surface area contributed by atoms with Crippen LogP contribution in [0.1, 0.15) is 6.92 Å². The number of thioether (sulfide) groups is 2. The zero-order valence-electron chi connectivity index (χ0n) is 8.67. The number of nitrogens with zero attached hydrogens (tertiary/aromatic N) is 1. The zero-order chi connectivity index (χ0) is 10.4. The minimum absolute atomic E-state index is 0.881. The van der Waals surface area contributed by atoms with Crippen molar-refractivity contribution in [2.75, 3.05) is 26.6 Å². The summed E-state index contributed by atoms with van der Waals surface area (Å²) in [5.74, 6) is 0. The lowest BCUT2D eigenvalue weighted by molar-refractivity contribution is 0.672. The molecule has 0 bridgehead atoms. The van der Waals surface area contributed by atoms with Crippen LogP contribution in [0.25, 0.3) is 0 Å². The van der Waals surface area contributed by atoms with E-state index >= 15 is 0 Å². The molecule has 0 aromatic rings. The number of hydrogen-bond acceptors (Lipinski definition) is 4. The SMILES string of the molecule is CN/C(SC)=C(/SC)N(C)C(C)=S. The first-order valence-corrected chi connectivity index (χ1v) is 6.68. The minimum atomic E-state index is 0.881. The van der Waals surface area contributed by atoms with Gasteiger partial charge < -0.3 is 10.2 Å². The largest absolute Gasteiger partial charge is 0.381 e. The Balaban J connectivity index is 4.83. The van der Waals surface area contributed by atoms with E-state index in [1.807, 2.05) is 25.9 Å². The Labute approximate surface area is 94.5 Å². The van der Waals surface area contributed by atoms with Crippen LogP contribution >= 0.6 is 35.7 Å². The molecule has 76 valence electrons. The second-order valence-corrected chi connectivity index (χ2v) is 4.57. The van der Waals surface area contributed by atoms with Gasteiger partial charge in [0, 0.05) is 14.1 Å². The van der Waals surface area contributed by atoms with Crippen LogP contribution in [-0.4, -0.2) is 36.5 Å². The summed E-state index contributed by atoms with van der Waals surface area (Å²) in [6.45, 7) is 1.93. The molecule has 0 aromatic carbocycles. The van der Waals surface area contributed by atoms with E-state index in [2.05, 4.69) is 17.8 Å². The molecule has 0 aliphatic heterocycles. The summed E-state index contributed by atoms with van der Waals surface area (Å²) in [6, 6.07) is 0. The van der Waals surface area contributed by atoms with Crippen LogP contribution in [0, 0.1) is 0 Å². The van der Waals surface area contributed by atoms with E-state index in [9.17, 15) is 0 Å². The summed E-state index contributed by atoms with van der Waals surface area (Å²) in [5.41, 5.74) is 0. The number of nitrogens with one attached hydrogen (secondary N) is 1. The predicted octanol–water partition coefficient (Wildman–Crippen LogP) is 2.34. The van der Waals surface area contributed by atoms with Crippen molar-refractivity contribution in [3.63, 3.8) is 0 Å². The molecule has 0 radical (unpaired) electrons. The molecule has 0 aliphatic rings. The first-order valence-electron chi connectivity index (χ1n) is 3.82. The van der Waals surface area contributed by atoms with Crippen molar-refractivity contribution >= 4 is 40.7 Å². The van der Waals surface area contributed by atoms with Gasteiger partial charge in [-0.2, -0.15) is 0 Å². The second kappa shape index (κ2) is 6.56. The third-order valence-electron chi connectivity index (χ3n) is 1.60. The van der Waals surface area contributed by atoms with Crippen LogP contribution in [0.2, 0.25) is 0 Å². The molecule has 0 heterocycles. The molecule has 0 unspecified atom stereocenters. The van der Waals surface area contributed by atoms with Crippen LogP contribution in [0.5, 0.6) is 0 Å². The second-order valence-electron chi connectivity index (χ2n) is 2.37. The first-order chi connectivity index (χ1) is 6.08. The molecular weight excluding hydrogens is 220 g/mol. The van der Waals surface area contributed by atoms with Crippen LogP contribution in [0.3, 0.4) is 0 Å². The van der Waals surface area contributed by atoms with Gasteiger partial charge in [0.15, 0.2) is 0 Å². The van der Waals surface area contributed by atoms with Crippen LogP contribution < -0.4 is 5.32 Å². The van der Waals surface area contributed by atoms with E-state index in [-0.39, 0.29) is 0 Å². The standard InChI is InChI=1S/C8H16N2S3/c1-6(11)10(3)8(13-5)7(9-2)12-4/h9H,1-5H3/b8-7-. The Hall–Kier alpha value is 0.130. The summed E-state index contributed by atoms with van der Waals surface area (Å²) in [7, 11) is 3.91. The summed E-state index contributed by atoms with van der Waals surface area (Å²) < 4.78 is 0. The molecule has 2 nitrogen and oxygen atoms in total. The van der Waals surface area contributed by atoms with Gasteiger partial charge in [0.25, 0.3) is 0 Å². The average molecular weight is 236 g/mol. The molecule has 0 rings (SSSR count). The van der Waals surface area contributed by atoms with Gasteiger partial charge in [-0.3, -0.25) is 0 Å².